The molecule has 0 aromatic carbocycles. The number of rotatable bonds is 2. The van der Waals surface area contributed by atoms with Gasteiger partial charge in [-0.25, -0.2) is 0 Å². The van der Waals surface area contributed by atoms with Gasteiger partial charge < -0.3 is 0 Å². The molecule has 0 fully saturated rings. The number of halogens is 1. The van der Waals surface area contributed by atoms with Crippen LogP contribution >= 0.6 is 11.6 Å². The Bertz CT molecular complexity index is 117. The Labute approximate surface area is 62.4 Å². The molecule has 0 heterocycles. The minimum Gasteiger partial charge on any atom is -0.299 e. The van der Waals surface area contributed by atoms with E-state index in [1.165, 1.54) is 0 Å². The molecule has 0 aliphatic rings. The van der Waals surface area contributed by atoms with Crippen molar-refractivity contribution in [2.24, 2.45) is 0 Å². The molecule has 54 valence electrons. The lowest BCUT2D eigenvalue weighted by atomic mass is 10.5. The Morgan fingerprint density at radius 2 is 1.78 bits per heavy atom. The number of carbonyl (C=O) groups is 1. The predicted molar refractivity (Wildman–Crippen MR) is 43.7 cm³/mol. The van der Waals surface area contributed by atoms with Gasteiger partial charge in [0.15, 0.2) is 0 Å². The highest BCUT2D eigenvalue weighted by molar-refractivity contribution is 6.87. The fourth-order valence-electron chi connectivity index (χ4n) is 0.610. The molecule has 3 heteroatoms. The second kappa shape index (κ2) is 2.84. The van der Waals surface area contributed by atoms with Gasteiger partial charge in [-0.3, -0.25) is 4.79 Å². The van der Waals surface area contributed by atoms with Crippen LogP contribution in [0.1, 0.15) is 6.92 Å². The third-order valence-electron chi connectivity index (χ3n) is 1.12. The van der Waals surface area contributed by atoms with Crippen LogP contribution < -0.4 is 0 Å². The highest BCUT2D eigenvalue weighted by atomic mass is 35.5. The van der Waals surface area contributed by atoms with Crippen LogP contribution in [0.4, 0.5) is 0 Å². The smallest absolute Gasteiger partial charge is 0.144 e. The molecule has 0 aromatic heterocycles. The maximum Gasteiger partial charge on any atom is 0.144 e. The molecule has 0 aromatic rings. The second-order valence-electron chi connectivity index (χ2n) is 3.34. The van der Waals surface area contributed by atoms with E-state index in [2.05, 4.69) is 19.6 Å². The van der Waals surface area contributed by atoms with Gasteiger partial charge in [0.1, 0.15) is 5.78 Å². The standard InChI is InChI=1S/C6H13ClOSi/c1-5(8)6(7)9(2,3)4/h6H,1-4H3. The van der Waals surface area contributed by atoms with Crippen LogP contribution in [0, 0.1) is 0 Å². The van der Waals surface area contributed by atoms with Crippen molar-refractivity contribution in [3.8, 4) is 0 Å². The molecule has 0 aliphatic heterocycles. The van der Waals surface area contributed by atoms with Crippen molar-refractivity contribution in [3.63, 3.8) is 0 Å². The summed E-state index contributed by atoms with van der Waals surface area (Å²) in [6.07, 6.45) is 0. The Hall–Kier alpha value is 0.177. The number of ketones is 1. The maximum atomic E-state index is 10.7. The number of Topliss-reactive ketones (excluding diaryl/α,β-unsaturated/α-hetero) is 1. The molecule has 0 aliphatic carbocycles. The zero-order valence-corrected chi connectivity index (χ0v) is 8.12. The molecule has 0 N–H and O–H groups in total. The fraction of sp³-hybridized carbons (Fsp3) is 0.833. The summed E-state index contributed by atoms with van der Waals surface area (Å²) in [5, 5.41) is -0.211. The molecule has 0 saturated heterocycles. The van der Waals surface area contributed by atoms with Gasteiger partial charge in [-0.15, -0.1) is 11.6 Å². The molecule has 0 spiro atoms. The Balaban J connectivity index is 4.04. The summed E-state index contributed by atoms with van der Waals surface area (Å²) in [6, 6.07) is 0. The number of hydrogen-bond acceptors (Lipinski definition) is 1. The zero-order valence-electron chi connectivity index (χ0n) is 6.36. The van der Waals surface area contributed by atoms with Crippen molar-refractivity contribution < 1.29 is 4.79 Å². The third-order valence-corrected chi connectivity index (χ3v) is 5.32. The van der Waals surface area contributed by atoms with Crippen LogP contribution in [0.3, 0.4) is 0 Å². The van der Waals surface area contributed by atoms with Gasteiger partial charge in [-0.2, -0.15) is 0 Å². The number of alkyl halides is 1. The van der Waals surface area contributed by atoms with Crippen LogP contribution in [0.5, 0.6) is 0 Å². The summed E-state index contributed by atoms with van der Waals surface area (Å²) in [5.41, 5.74) is 0. The molecule has 1 atom stereocenters. The lowest BCUT2D eigenvalue weighted by Gasteiger charge is -2.19. The monoisotopic (exact) mass is 164 g/mol. The zero-order chi connectivity index (χ0) is 7.65. The SMILES string of the molecule is CC(=O)C(Cl)[Si](C)(C)C. The highest BCUT2D eigenvalue weighted by Crippen LogP contribution is 2.14. The summed E-state index contributed by atoms with van der Waals surface area (Å²) >= 11 is 5.80. The van der Waals surface area contributed by atoms with E-state index in [-0.39, 0.29) is 10.8 Å². The maximum absolute atomic E-state index is 10.7. The molecule has 1 unspecified atom stereocenters. The Kier molecular flexibility index (Phi) is 2.90. The summed E-state index contributed by atoms with van der Waals surface area (Å²) in [5.74, 6) is 0.107. The van der Waals surface area contributed by atoms with Gasteiger partial charge in [-0.1, -0.05) is 19.6 Å². The first kappa shape index (κ1) is 9.18. The van der Waals surface area contributed by atoms with Crippen molar-refractivity contribution in [2.45, 2.75) is 31.6 Å². The molecule has 0 bridgehead atoms. The van der Waals surface area contributed by atoms with Crippen LogP contribution in [-0.2, 0) is 4.79 Å². The molecule has 0 saturated carbocycles. The third kappa shape index (κ3) is 3.01. The van der Waals surface area contributed by atoms with E-state index in [0.717, 1.165) is 0 Å². The van der Waals surface area contributed by atoms with E-state index in [9.17, 15) is 4.79 Å². The fourth-order valence-corrected chi connectivity index (χ4v) is 1.83. The highest BCUT2D eigenvalue weighted by Gasteiger charge is 2.27. The quantitative estimate of drug-likeness (QED) is 0.451. The second-order valence-corrected chi connectivity index (χ2v) is 9.45. The topological polar surface area (TPSA) is 17.1 Å². The minimum absolute atomic E-state index is 0.107. The van der Waals surface area contributed by atoms with E-state index < -0.39 is 8.07 Å². The predicted octanol–water partition coefficient (Wildman–Crippen LogP) is 2.06. The summed E-state index contributed by atoms with van der Waals surface area (Å²) < 4.78 is 0. The van der Waals surface area contributed by atoms with Crippen molar-refractivity contribution in [3.05, 3.63) is 0 Å². The molecular formula is C6H13ClOSi. The van der Waals surface area contributed by atoms with Crippen molar-refractivity contribution >= 4 is 25.5 Å². The molecule has 1 nitrogen and oxygen atoms in total. The molecular weight excluding hydrogens is 152 g/mol. The van der Waals surface area contributed by atoms with Gasteiger partial charge >= 0.3 is 0 Å². The van der Waals surface area contributed by atoms with Gasteiger partial charge in [0.05, 0.1) is 13.1 Å². The van der Waals surface area contributed by atoms with E-state index >= 15 is 0 Å². The molecule has 0 amide bonds. The first-order chi connectivity index (χ1) is 3.85. The van der Waals surface area contributed by atoms with Crippen LogP contribution in [0.15, 0.2) is 0 Å². The summed E-state index contributed by atoms with van der Waals surface area (Å²) in [4.78, 5) is 10.7. The summed E-state index contributed by atoms with van der Waals surface area (Å²) in [7, 11) is -1.41. The summed E-state index contributed by atoms with van der Waals surface area (Å²) in [6.45, 7) is 7.82. The minimum atomic E-state index is -1.41. The molecule has 0 radical (unpaired) electrons. The van der Waals surface area contributed by atoms with E-state index in [1.54, 1.807) is 6.92 Å². The number of hydrogen-bond donors (Lipinski definition) is 0. The van der Waals surface area contributed by atoms with Gasteiger partial charge in [0.2, 0.25) is 0 Å². The lowest BCUT2D eigenvalue weighted by Crippen LogP contribution is -2.38. The lowest BCUT2D eigenvalue weighted by molar-refractivity contribution is -0.115. The average Bonchev–Trinajstić information content (AvgIpc) is 1.62. The van der Waals surface area contributed by atoms with Crippen LogP contribution in [0.2, 0.25) is 19.6 Å². The van der Waals surface area contributed by atoms with E-state index in [1.807, 2.05) is 0 Å². The van der Waals surface area contributed by atoms with Crippen molar-refractivity contribution in [1.82, 2.24) is 0 Å². The van der Waals surface area contributed by atoms with Gasteiger partial charge in [0, 0.05) is 0 Å². The van der Waals surface area contributed by atoms with Crippen molar-refractivity contribution in [2.75, 3.05) is 0 Å². The normalized spacial score (nSPS) is 15.2. The van der Waals surface area contributed by atoms with Crippen LogP contribution in [-0.4, -0.2) is 18.9 Å². The average molecular weight is 165 g/mol. The van der Waals surface area contributed by atoms with Crippen LogP contribution in [0.25, 0.3) is 0 Å². The molecule has 9 heavy (non-hydrogen) atoms. The first-order valence-electron chi connectivity index (χ1n) is 3.00. The largest absolute Gasteiger partial charge is 0.299 e. The Morgan fingerprint density at radius 3 is 1.78 bits per heavy atom. The van der Waals surface area contributed by atoms with Gasteiger partial charge in [-0.05, 0) is 6.92 Å². The van der Waals surface area contributed by atoms with E-state index in [0.29, 0.717) is 0 Å². The number of carbonyl (C=O) groups excluding carboxylic acids is 1. The molecule has 0 rings (SSSR count). The van der Waals surface area contributed by atoms with E-state index in [4.69, 9.17) is 11.6 Å². The Morgan fingerprint density at radius 1 is 1.44 bits per heavy atom. The van der Waals surface area contributed by atoms with Gasteiger partial charge in [0.25, 0.3) is 0 Å². The van der Waals surface area contributed by atoms with Crippen molar-refractivity contribution in [1.29, 1.82) is 0 Å². The first-order valence-corrected chi connectivity index (χ1v) is 7.01.